The van der Waals surface area contributed by atoms with Gasteiger partial charge in [0.1, 0.15) is 0 Å². The molecule has 1 aromatic carbocycles. The van der Waals surface area contributed by atoms with Gasteiger partial charge in [-0.15, -0.1) is 11.8 Å². The number of rotatable bonds is 5. The van der Waals surface area contributed by atoms with Gasteiger partial charge in [0.2, 0.25) is 26.0 Å². The summed E-state index contributed by atoms with van der Waals surface area (Å²) in [6.07, 6.45) is 0.930. The number of thioether (sulfide) groups is 1. The molecule has 26 heavy (non-hydrogen) atoms. The molecular weight excluding hydrogens is 398 g/mol. The molecule has 3 rings (SSSR count). The summed E-state index contributed by atoms with van der Waals surface area (Å²) >= 11 is 1.52. The smallest absolute Gasteiger partial charge is 0.240 e. The topological polar surface area (TPSA) is 113 Å². The summed E-state index contributed by atoms with van der Waals surface area (Å²) in [6.45, 7) is 2.47. The van der Waals surface area contributed by atoms with Crippen LogP contribution in [-0.4, -0.2) is 57.7 Å². The molecule has 2 N–H and O–H groups in total. The molecule has 11 heteroatoms. The predicted molar refractivity (Wildman–Crippen MR) is 100 cm³/mol. The zero-order valence-electron chi connectivity index (χ0n) is 14.3. The van der Waals surface area contributed by atoms with E-state index in [4.69, 9.17) is 0 Å². The first kappa shape index (κ1) is 19.6. The molecule has 1 atom stereocenters. The number of benzene rings is 1. The van der Waals surface area contributed by atoms with Gasteiger partial charge in [-0.2, -0.15) is 0 Å². The van der Waals surface area contributed by atoms with Crippen LogP contribution in [0.5, 0.6) is 0 Å². The summed E-state index contributed by atoms with van der Waals surface area (Å²) in [4.78, 5) is 12.7. The largest absolute Gasteiger partial charge is 0.325 e. The third-order valence-corrected chi connectivity index (χ3v) is 8.79. The van der Waals surface area contributed by atoms with Crippen LogP contribution in [0.15, 0.2) is 28.0 Å². The Labute approximate surface area is 157 Å². The van der Waals surface area contributed by atoms with Crippen LogP contribution in [0.25, 0.3) is 0 Å². The summed E-state index contributed by atoms with van der Waals surface area (Å²) < 4.78 is 52.2. The second-order valence-electron chi connectivity index (χ2n) is 6.31. The van der Waals surface area contributed by atoms with Crippen molar-refractivity contribution in [3.05, 3.63) is 18.2 Å². The minimum absolute atomic E-state index is 0.00318. The van der Waals surface area contributed by atoms with Crippen molar-refractivity contribution in [2.45, 2.75) is 34.8 Å². The van der Waals surface area contributed by atoms with Gasteiger partial charge in [0.05, 0.1) is 16.3 Å². The number of sulfonamides is 2. The highest BCUT2D eigenvalue weighted by atomic mass is 32.2. The van der Waals surface area contributed by atoms with E-state index in [0.717, 1.165) is 4.90 Å². The van der Waals surface area contributed by atoms with Crippen LogP contribution < -0.4 is 10.0 Å². The van der Waals surface area contributed by atoms with Crippen LogP contribution in [0.3, 0.4) is 0 Å². The molecule has 2 heterocycles. The second-order valence-corrected chi connectivity index (χ2v) is 11.6. The molecule has 0 aromatic heterocycles. The fourth-order valence-electron chi connectivity index (χ4n) is 2.93. The first-order valence-corrected chi connectivity index (χ1v) is 12.2. The average Bonchev–Trinajstić information content (AvgIpc) is 2.79. The van der Waals surface area contributed by atoms with Gasteiger partial charge in [0.25, 0.3) is 0 Å². The van der Waals surface area contributed by atoms with Gasteiger partial charge < -0.3 is 5.32 Å². The molecular formula is C15H21N3O5S3. The van der Waals surface area contributed by atoms with Gasteiger partial charge in [0.15, 0.2) is 0 Å². The lowest BCUT2D eigenvalue weighted by atomic mass is 10.3. The Morgan fingerprint density at radius 3 is 2.85 bits per heavy atom. The number of nitrogens with one attached hydrogen (secondary N) is 2. The molecule has 1 amide bonds. The molecule has 1 fully saturated rings. The van der Waals surface area contributed by atoms with E-state index in [0.29, 0.717) is 25.1 Å². The summed E-state index contributed by atoms with van der Waals surface area (Å²) in [5.74, 6) is -0.0362. The van der Waals surface area contributed by atoms with Crippen LogP contribution >= 0.6 is 11.8 Å². The first-order chi connectivity index (χ1) is 12.2. The Kier molecular flexibility index (Phi) is 5.63. The minimum atomic E-state index is -3.80. The highest BCUT2D eigenvalue weighted by Gasteiger charge is 2.28. The summed E-state index contributed by atoms with van der Waals surface area (Å²) in [5, 5.41) is 2.85. The van der Waals surface area contributed by atoms with Gasteiger partial charge in [-0.1, -0.05) is 6.92 Å². The molecule has 144 valence electrons. The third-order valence-electron chi connectivity index (χ3n) is 4.19. The molecule has 0 spiro atoms. The van der Waals surface area contributed by atoms with Gasteiger partial charge >= 0.3 is 0 Å². The van der Waals surface area contributed by atoms with Crippen molar-refractivity contribution < 1.29 is 21.6 Å². The van der Waals surface area contributed by atoms with E-state index >= 15 is 0 Å². The van der Waals surface area contributed by atoms with Crippen molar-refractivity contribution in [2.24, 2.45) is 0 Å². The quantitative estimate of drug-likeness (QED) is 0.731. The van der Waals surface area contributed by atoms with Crippen molar-refractivity contribution in [3.8, 4) is 0 Å². The van der Waals surface area contributed by atoms with E-state index in [1.165, 1.54) is 28.2 Å². The lowest BCUT2D eigenvalue weighted by Crippen LogP contribution is -2.35. The third kappa shape index (κ3) is 4.39. The summed E-state index contributed by atoms with van der Waals surface area (Å²) in [7, 11) is -7.05. The number of carbonyl (C=O) groups is 1. The Balaban J connectivity index is 1.70. The molecule has 0 radical (unpaired) electrons. The zero-order valence-corrected chi connectivity index (χ0v) is 16.7. The van der Waals surface area contributed by atoms with Crippen LogP contribution in [0.4, 0.5) is 5.69 Å². The minimum Gasteiger partial charge on any atom is -0.325 e. The Hall–Kier alpha value is -1.14. The Morgan fingerprint density at radius 1 is 1.38 bits per heavy atom. The van der Waals surface area contributed by atoms with Crippen molar-refractivity contribution in [3.63, 3.8) is 0 Å². The van der Waals surface area contributed by atoms with Crippen molar-refractivity contribution in [2.75, 3.05) is 30.7 Å². The molecule has 0 bridgehead atoms. The van der Waals surface area contributed by atoms with Crippen LogP contribution in [0.1, 0.15) is 19.8 Å². The van der Waals surface area contributed by atoms with E-state index in [2.05, 4.69) is 10.0 Å². The van der Waals surface area contributed by atoms with Gasteiger partial charge in [0, 0.05) is 36.2 Å². The standard InChI is InChI=1S/C15H21N3O5S3/c1-11-9-15(19)17-13-10-12(3-4-14(13)24-11)26(22,23)16-5-7-18-6-2-8-25(18,20)21/h3-4,10-11,16H,2,5-9H2,1H3,(H,17,19). The molecule has 0 aliphatic carbocycles. The maximum atomic E-state index is 12.5. The summed E-state index contributed by atoms with van der Waals surface area (Å²) in [6, 6.07) is 4.61. The fourth-order valence-corrected chi connectivity index (χ4v) is 6.56. The lowest BCUT2D eigenvalue weighted by molar-refractivity contribution is -0.116. The zero-order chi connectivity index (χ0) is 18.9. The Morgan fingerprint density at radius 2 is 2.15 bits per heavy atom. The maximum absolute atomic E-state index is 12.5. The van der Waals surface area contributed by atoms with Crippen LogP contribution in [0.2, 0.25) is 0 Å². The van der Waals surface area contributed by atoms with Crippen molar-refractivity contribution in [1.29, 1.82) is 0 Å². The average molecular weight is 420 g/mol. The SMILES string of the molecule is CC1CC(=O)Nc2cc(S(=O)(=O)NCCN3CCCS3(=O)=O)ccc2S1. The second kappa shape index (κ2) is 7.47. The first-order valence-electron chi connectivity index (χ1n) is 8.25. The Bertz CT molecular complexity index is 914. The number of hydrogen-bond acceptors (Lipinski definition) is 6. The number of carbonyl (C=O) groups excluding carboxylic acids is 1. The van der Waals surface area contributed by atoms with Gasteiger partial charge in [-0.25, -0.2) is 25.9 Å². The van der Waals surface area contributed by atoms with Gasteiger partial charge in [-0.05, 0) is 24.6 Å². The number of amides is 1. The molecule has 1 saturated heterocycles. The van der Waals surface area contributed by atoms with Crippen molar-refractivity contribution >= 4 is 43.4 Å². The molecule has 8 nitrogen and oxygen atoms in total. The van der Waals surface area contributed by atoms with E-state index < -0.39 is 20.0 Å². The normalized spacial score (nSPS) is 23.3. The van der Waals surface area contributed by atoms with Crippen LogP contribution in [0, 0.1) is 0 Å². The molecule has 0 saturated carbocycles. The maximum Gasteiger partial charge on any atom is 0.240 e. The number of hydrogen-bond donors (Lipinski definition) is 2. The summed E-state index contributed by atoms with van der Waals surface area (Å²) in [5.41, 5.74) is 0.481. The fraction of sp³-hybridized carbons (Fsp3) is 0.533. The molecule has 2 aliphatic heterocycles. The lowest BCUT2D eigenvalue weighted by Gasteiger charge is -2.15. The number of anilines is 1. The van der Waals surface area contributed by atoms with E-state index in [-0.39, 0.29) is 34.9 Å². The molecule has 1 aromatic rings. The van der Waals surface area contributed by atoms with Crippen LogP contribution in [-0.2, 0) is 24.8 Å². The predicted octanol–water partition coefficient (Wildman–Crippen LogP) is 0.823. The van der Waals surface area contributed by atoms with E-state index in [1.807, 2.05) is 6.92 Å². The van der Waals surface area contributed by atoms with E-state index in [1.54, 1.807) is 6.07 Å². The van der Waals surface area contributed by atoms with Crippen molar-refractivity contribution in [1.82, 2.24) is 9.03 Å². The highest BCUT2D eigenvalue weighted by molar-refractivity contribution is 8.00. The highest BCUT2D eigenvalue weighted by Crippen LogP contribution is 2.36. The van der Waals surface area contributed by atoms with E-state index in [9.17, 15) is 21.6 Å². The number of fused-ring (bicyclic) bond motifs is 1. The number of nitrogens with zero attached hydrogens (tertiary/aromatic N) is 1. The van der Waals surface area contributed by atoms with Gasteiger partial charge in [-0.3, -0.25) is 4.79 Å². The monoisotopic (exact) mass is 419 g/mol. The molecule has 2 aliphatic rings. The molecule has 1 unspecified atom stereocenters.